The van der Waals surface area contributed by atoms with Crippen LogP contribution in [0.5, 0.6) is 0 Å². The van der Waals surface area contributed by atoms with Crippen molar-refractivity contribution in [3.05, 3.63) is 11.6 Å². The van der Waals surface area contributed by atoms with Gasteiger partial charge in [0.05, 0.1) is 7.11 Å². The summed E-state index contributed by atoms with van der Waals surface area (Å²) >= 11 is 0. The quantitative estimate of drug-likeness (QED) is 0.637. The highest BCUT2D eigenvalue weighted by Crippen LogP contribution is 2.68. The molecule has 6 nitrogen and oxygen atoms in total. The molecule has 0 saturated heterocycles. The second-order valence-corrected chi connectivity index (χ2v) is 10.3. The van der Waals surface area contributed by atoms with Crippen molar-refractivity contribution in [2.45, 2.75) is 76.7 Å². The number of allylic oxidation sites excluding steroid dienone is 1. The molecule has 7 atom stereocenters. The highest BCUT2D eigenvalue weighted by molar-refractivity contribution is 5.91. The Hall–Kier alpha value is -1.90. The van der Waals surface area contributed by atoms with Gasteiger partial charge in [-0.05, 0) is 61.9 Å². The van der Waals surface area contributed by atoms with Gasteiger partial charge in [-0.25, -0.2) is 9.59 Å². The minimum Gasteiger partial charge on any atom is -0.467 e. The van der Waals surface area contributed by atoms with Gasteiger partial charge in [0.15, 0.2) is 11.4 Å². The topological polar surface area (TPSA) is 89.9 Å². The van der Waals surface area contributed by atoms with Crippen molar-refractivity contribution in [2.75, 3.05) is 7.11 Å². The first kappa shape index (κ1) is 23.3. The first-order valence-corrected chi connectivity index (χ1v) is 11.1. The summed E-state index contributed by atoms with van der Waals surface area (Å²) in [6.07, 6.45) is -2.13. The molecule has 32 heavy (non-hydrogen) atoms. The van der Waals surface area contributed by atoms with Crippen LogP contribution < -0.4 is 0 Å². The number of alkyl halides is 3. The number of hydrogen-bond acceptors (Lipinski definition) is 6. The summed E-state index contributed by atoms with van der Waals surface area (Å²) in [6, 6.07) is 0. The Balaban J connectivity index is 1.80. The molecule has 4 aliphatic rings. The fourth-order valence-electron chi connectivity index (χ4n) is 7.48. The van der Waals surface area contributed by atoms with Gasteiger partial charge in [-0.2, -0.15) is 13.2 Å². The molecular weight excluding hydrogens is 429 g/mol. The SMILES string of the molecule is COC(=O)[C@@]1(O)CC[C@H]2[C@@H]3CCC4=CC(=O)CC[C@]4(C)[C@H]3[C@@H](OC(=O)C(F)(F)F)C[C@@]21C. The first-order chi connectivity index (χ1) is 14.8. The molecule has 0 amide bonds. The van der Waals surface area contributed by atoms with Crippen LogP contribution in [-0.4, -0.2) is 47.8 Å². The van der Waals surface area contributed by atoms with Gasteiger partial charge in [0.1, 0.15) is 6.10 Å². The number of rotatable bonds is 2. The van der Waals surface area contributed by atoms with Crippen LogP contribution in [0, 0.1) is 28.6 Å². The maximum absolute atomic E-state index is 13.2. The molecule has 0 aromatic heterocycles. The minimum atomic E-state index is -5.15. The molecule has 3 fully saturated rings. The fraction of sp³-hybridized carbons (Fsp3) is 0.783. The molecule has 3 saturated carbocycles. The van der Waals surface area contributed by atoms with Crippen molar-refractivity contribution < 1.29 is 42.1 Å². The molecule has 4 rings (SSSR count). The Morgan fingerprint density at radius 2 is 1.84 bits per heavy atom. The van der Waals surface area contributed by atoms with E-state index in [0.717, 1.165) is 5.57 Å². The van der Waals surface area contributed by atoms with Crippen LogP contribution in [0.4, 0.5) is 13.2 Å². The van der Waals surface area contributed by atoms with E-state index < -0.39 is 46.6 Å². The minimum absolute atomic E-state index is 0.00124. The van der Waals surface area contributed by atoms with Gasteiger partial charge >= 0.3 is 18.1 Å². The lowest BCUT2D eigenvalue weighted by atomic mass is 9.45. The highest BCUT2D eigenvalue weighted by Gasteiger charge is 2.70. The Morgan fingerprint density at radius 3 is 2.47 bits per heavy atom. The van der Waals surface area contributed by atoms with E-state index in [1.807, 2.05) is 6.92 Å². The maximum atomic E-state index is 13.2. The number of ketones is 1. The number of aliphatic hydroxyl groups is 1. The summed E-state index contributed by atoms with van der Waals surface area (Å²) in [5, 5.41) is 11.4. The van der Waals surface area contributed by atoms with E-state index in [9.17, 15) is 32.7 Å². The van der Waals surface area contributed by atoms with Gasteiger partial charge in [0, 0.05) is 17.8 Å². The molecule has 4 aliphatic carbocycles. The average molecular weight is 458 g/mol. The van der Waals surface area contributed by atoms with Crippen LogP contribution in [0.15, 0.2) is 11.6 Å². The van der Waals surface area contributed by atoms with Crippen molar-refractivity contribution in [3.8, 4) is 0 Å². The van der Waals surface area contributed by atoms with E-state index in [4.69, 9.17) is 9.47 Å². The van der Waals surface area contributed by atoms with Gasteiger partial charge in [0.25, 0.3) is 0 Å². The summed E-state index contributed by atoms with van der Waals surface area (Å²) < 4.78 is 49.4. The zero-order valence-corrected chi connectivity index (χ0v) is 18.5. The number of methoxy groups -OCH3 is 1. The summed E-state index contributed by atoms with van der Waals surface area (Å²) in [6.45, 7) is 3.64. The number of ether oxygens (including phenoxy) is 2. The van der Waals surface area contributed by atoms with E-state index in [1.54, 1.807) is 13.0 Å². The molecule has 9 heteroatoms. The van der Waals surface area contributed by atoms with Gasteiger partial charge in [-0.15, -0.1) is 0 Å². The van der Waals surface area contributed by atoms with Crippen LogP contribution in [0.25, 0.3) is 0 Å². The molecule has 0 radical (unpaired) electrons. The Labute approximate surface area is 184 Å². The summed E-state index contributed by atoms with van der Waals surface area (Å²) in [7, 11) is 1.17. The number of carbonyl (C=O) groups is 3. The molecule has 0 aliphatic heterocycles. The van der Waals surface area contributed by atoms with Crippen LogP contribution in [-0.2, 0) is 23.9 Å². The third-order valence-electron chi connectivity index (χ3n) is 9.04. The monoisotopic (exact) mass is 458 g/mol. The number of halogens is 3. The molecule has 0 spiro atoms. The summed E-state index contributed by atoms with van der Waals surface area (Å²) in [4.78, 5) is 36.5. The molecule has 0 unspecified atom stereocenters. The number of carbonyl (C=O) groups excluding carboxylic acids is 3. The van der Waals surface area contributed by atoms with E-state index in [-0.39, 0.29) is 36.9 Å². The van der Waals surface area contributed by atoms with Crippen molar-refractivity contribution in [1.82, 2.24) is 0 Å². The third kappa shape index (κ3) is 3.14. The van der Waals surface area contributed by atoms with E-state index in [2.05, 4.69) is 0 Å². The molecule has 0 heterocycles. The third-order valence-corrected chi connectivity index (χ3v) is 9.04. The fourth-order valence-corrected chi connectivity index (χ4v) is 7.48. The number of esters is 2. The molecule has 178 valence electrons. The molecule has 0 aromatic carbocycles. The summed E-state index contributed by atoms with van der Waals surface area (Å²) in [5.41, 5.74) is -2.65. The first-order valence-electron chi connectivity index (χ1n) is 11.1. The lowest BCUT2D eigenvalue weighted by Crippen LogP contribution is -2.62. The van der Waals surface area contributed by atoms with Crippen molar-refractivity contribution in [1.29, 1.82) is 0 Å². The zero-order chi connectivity index (χ0) is 23.7. The zero-order valence-electron chi connectivity index (χ0n) is 18.5. The lowest BCUT2D eigenvalue weighted by Gasteiger charge is -2.60. The normalized spacial score (nSPS) is 43.5. The Bertz CT molecular complexity index is 881. The lowest BCUT2D eigenvalue weighted by molar-refractivity contribution is -0.229. The number of fused-ring (bicyclic) bond motifs is 5. The van der Waals surface area contributed by atoms with Crippen LogP contribution in [0.2, 0.25) is 0 Å². The smallest absolute Gasteiger partial charge is 0.467 e. The van der Waals surface area contributed by atoms with Crippen LogP contribution in [0.3, 0.4) is 0 Å². The number of hydrogen-bond donors (Lipinski definition) is 1. The largest absolute Gasteiger partial charge is 0.490 e. The standard InChI is InChI=1S/C23H29F3O6/c1-20-8-6-13(27)10-12(20)4-5-14-15-7-9-22(30,18(28)31-3)21(15,2)11-16(17(14)20)32-19(29)23(24,25)26/h10,14-17,30H,4-9,11H2,1-3H3/t14-,15-,16-,17+,20-,21-,22-/m0/s1. The molecular formula is C23H29F3O6. The second-order valence-electron chi connectivity index (χ2n) is 10.3. The van der Waals surface area contributed by atoms with E-state index in [1.165, 1.54) is 7.11 Å². The van der Waals surface area contributed by atoms with Gasteiger partial charge in [-0.3, -0.25) is 4.79 Å². The van der Waals surface area contributed by atoms with Gasteiger partial charge < -0.3 is 14.6 Å². The van der Waals surface area contributed by atoms with Crippen molar-refractivity contribution in [3.63, 3.8) is 0 Å². The second kappa shape index (κ2) is 7.30. The average Bonchev–Trinajstić information content (AvgIpc) is 2.98. The van der Waals surface area contributed by atoms with Gasteiger partial charge in [-0.1, -0.05) is 19.4 Å². The molecule has 0 bridgehead atoms. The molecule has 0 aromatic rings. The Morgan fingerprint density at radius 1 is 1.16 bits per heavy atom. The maximum Gasteiger partial charge on any atom is 0.490 e. The van der Waals surface area contributed by atoms with Crippen LogP contribution in [0.1, 0.15) is 58.8 Å². The predicted molar refractivity (Wildman–Crippen MR) is 105 cm³/mol. The predicted octanol–water partition coefficient (Wildman–Crippen LogP) is 3.51. The Kier molecular flexibility index (Phi) is 5.31. The van der Waals surface area contributed by atoms with Crippen molar-refractivity contribution in [2.24, 2.45) is 28.6 Å². The highest BCUT2D eigenvalue weighted by atomic mass is 19.4. The van der Waals surface area contributed by atoms with E-state index >= 15 is 0 Å². The van der Waals surface area contributed by atoms with Gasteiger partial charge in [0.2, 0.25) is 0 Å². The van der Waals surface area contributed by atoms with Crippen molar-refractivity contribution >= 4 is 17.7 Å². The van der Waals surface area contributed by atoms with E-state index in [0.29, 0.717) is 25.7 Å². The molecule has 1 N–H and O–H groups in total. The summed E-state index contributed by atoms with van der Waals surface area (Å²) in [5.74, 6) is -3.81. The van der Waals surface area contributed by atoms with Crippen LogP contribution >= 0.6 is 0 Å².